The minimum atomic E-state index is -0.301. The molecule has 2 amide bonds. The fourth-order valence-electron chi connectivity index (χ4n) is 1.31. The van der Waals surface area contributed by atoms with Crippen molar-refractivity contribution in [3.8, 4) is 0 Å². The lowest BCUT2D eigenvalue weighted by atomic mass is 10.2. The molecular formula is C8H16N2O2. The van der Waals surface area contributed by atoms with Crippen LogP contribution in [0, 0.1) is 0 Å². The van der Waals surface area contributed by atoms with Gasteiger partial charge in [0.15, 0.2) is 0 Å². The number of aliphatic hydroxyl groups is 1. The van der Waals surface area contributed by atoms with Crippen LogP contribution in [0.5, 0.6) is 0 Å². The third-order valence-corrected chi connectivity index (χ3v) is 2.17. The van der Waals surface area contributed by atoms with Crippen molar-refractivity contribution in [3.63, 3.8) is 0 Å². The first-order valence-corrected chi connectivity index (χ1v) is 4.41. The van der Waals surface area contributed by atoms with E-state index in [-0.39, 0.29) is 12.1 Å². The van der Waals surface area contributed by atoms with Crippen molar-refractivity contribution >= 4 is 6.03 Å². The van der Waals surface area contributed by atoms with E-state index in [9.17, 15) is 4.79 Å². The predicted octanol–water partition coefficient (Wildman–Crippen LogP) is 0.125. The fraction of sp³-hybridized carbons (Fsp3) is 0.875. The molecule has 70 valence electrons. The van der Waals surface area contributed by atoms with Crippen LogP contribution in [0.3, 0.4) is 0 Å². The van der Waals surface area contributed by atoms with Crippen molar-refractivity contribution in [3.05, 3.63) is 0 Å². The SMILES string of the molecule is CCN(CC)C(=O)N1CC(O)C1. The van der Waals surface area contributed by atoms with E-state index in [1.807, 2.05) is 13.8 Å². The van der Waals surface area contributed by atoms with Crippen molar-refractivity contribution in [2.45, 2.75) is 20.0 Å². The molecule has 0 saturated carbocycles. The normalized spacial score (nSPS) is 17.4. The summed E-state index contributed by atoms with van der Waals surface area (Å²) in [7, 11) is 0. The Morgan fingerprint density at radius 2 is 2.00 bits per heavy atom. The molecule has 1 N–H and O–H groups in total. The van der Waals surface area contributed by atoms with Crippen molar-refractivity contribution < 1.29 is 9.90 Å². The van der Waals surface area contributed by atoms with Gasteiger partial charge in [-0.1, -0.05) is 0 Å². The van der Waals surface area contributed by atoms with Crippen molar-refractivity contribution in [2.24, 2.45) is 0 Å². The molecule has 1 heterocycles. The van der Waals surface area contributed by atoms with Gasteiger partial charge >= 0.3 is 6.03 Å². The number of aliphatic hydroxyl groups excluding tert-OH is 1. The summed E-state index contributed by atoms with van der Waals surface area (Å²) < 4.78 is 0. The maximum atomic E-state index is 11.5. The first kappa shape index (κ1) is 9.32. The number of amides is 2. The van der Waals surface area contributed by atoms with Gasteiger partial charge in [0.2, 0.25) is 0 Å². The molecule has 0 atom stereocenters. The summed E-state index contributed by atoms with van der Waals surface area (Å²) in [6.45, 7) is 6.38. The second-order valence-electron chi connectivity index (χ2n) is 3.01. The molecule has 1 fully saturated rings. The standard InChI is InChI=1S/C8H16N2O2/c1-3-9(4-2)8(12)10-5-7(11)6-10/h7,11H,3-6H2,1-2H3. The van der Waals surface area contributed by atoms with E-state index in [4.69, 9.17) is 5.11 Å². The van der Waals surface area contributed by atoms with Crippen molar-refractivity contribution in [1.29, 1.82) is 0 Å². The van der Waals surface area contributed by atoms with Crippen LogP contribution in [0.1, 0.15) is 13.8 Å². The summed E-state index contributed by atoms with van der Waals surface area (Å²) in [4.78, 5) is 14.9. The van der Waals surface area contributed by atoms with Gasteiger partial charge in [0, 0.05) is 13.1 Å². The lowest BCUT2D eigenvalue weighted by Crippen LogP contribution is -2.57. The number of likely N-dealkylation sites (tertiary alicyclic amines) is 1. The molecule has 0 aromatic rings. The van der Waals surface area contributed by atoms with Gasteiger partial charge in [-0.3, -0.25) is 0 Å². The van der Waals surface area contributed by atoms with E-state index in [1.54, 1.807) is 9.80 Å². The number of urea groups is 1. The van der Waals surface area contributed by atoms with Gasteiger partial charge in [-0.25, -0.2) is 4.79 Å². The Morgan fingerprint density at radius 3 is 2.33 bits per heavy atom. The zero-order valence-corrected chi connectivity index (χ0v) is 7.66. The van der Waals surface area contributed by atoms with E-state index in [0.717, 1.165) is 13.1 Å². The third-order valence-electron chi connectivity index (χ3n) is 2.17. The predicted molar refractivity (Wildman–Crippen MR) is 45.9 cm³/mol. The zero-order valence-electron chi connectivity index (χ0n) is 7.66. The molecule has 0 bridgehead atoms. The van der Waals surface area contributed by atoms with Crippen LogP contribution in [0.2, 0.25) is 0 Å². The molecule has 1 rings (SSSR count). The highest BCUT2D eigenvalue weighted by Gasteiger charge is 2.30. The van der Waals surface area contributed by atoms with Gasteiger partial charge in [-0.05, 0) is 13.8 Å². The highest BCUT2D eigenvalue weighted by atomic mass is 16.3. The van der Waals surface area contributed by atoms with Crippen molar-refractivity contribution in [1.82, 2.24) is 9.80 Å². The quantitative estimate of drug-likeness (QED) is 0.643. The molecule has 0 aliphatic carbocycles. The van der Waals surface area contributed by atoms with Crippen LogP contribution in [-0.2, 0) is 0 Å². The molecule has 1 aliphatic heterocycles. The maximum absolute atomic E-state index is 11.5. The monoisotopic (exact) mass is 172 g/mol. The Hall–Kier alpha value is -0.770. The molecule has 0 radical (unpaired) electrons. The number of nitrogens with zero attached hydrogens (tertiary/aromatic N) is 2. The molecule has 0 aromatic heterocycles. The van der Waals surface area contributed by atoms with Crippen LogP contribution in [-0.4, -0.2) is 53.2 Å². The fourth-order valence-corrected chi connectivity index (χ4v) is 1.31. The van der Waals surface area contributed by atoms with Gasteiger partial charge in [-0.2, -0.15) is 0 Å². The molecule has 0 unspecified atom stereocenters. The van der Waals surface area contributed by atoms with Gasteiger partial charge in [0.05, 0.1) is 19.2 Å². The molecule has 0 spiro atoms. The van der Waals surface area contributed by atoms with Gasteiger partial charge in [-0.15, -0.1) is 0 Å². The first-order chi connectivity index (χ1) is 5.69. The molecule has 1 aliphatic rings. The first-order valence-electron chi connectivity index (χ1n) is 4.41. The Bertz CT molecular complexity index is 162. The average Bonchev–Trinajstić information content (AvgIpc) is 2.01. The number of carbonyl (C=O) groups is 1. The summed E-state index contributed by atoms with van der Waals surface area (Å²) in [5.74, 6) is 0. The molecular weight excluding hydrogens is 156 g/mol. The van der Waals surface area contributed by atoms with E-state index >= 15 is 0 Å². The van der Waals surface area contributed by atoms with Gasteiger partial charge in [0.25, 0.3) is 0 Å². The van der Waals surface area contributed by atoms with Gasteiger partial charge in [0.1, 0.15) is 0 Å². The van der Waals surface area contributed by atoms with Crippen LogP contribution >= 0.6 is 0 Å². The highest BCUT2D eigenvalue weighted by molar-refractivity contribution is 5.75. The smallest absolute Gasteiger partial charge is 0.320 e. The Kier molecular flexibility index (Phi) is 2.92. The molecule has 1 saturated heterocycles. The minimum absolute atomic E-state index is 0.0466. The maximum Gasteiger partial charge on any atom is 0.320 e. The topological polar surface area (TPSA) is 43.8 Å². The summed E-state index contributed by atoms with van der Waals surface area (Å²) in [6.07, 6.45) is -0.301. The molecule has 12 heavy (non-hydrogen) atoms. The summed E-state index contributed by atoms with van der Waals surface area (Å²) in [6, 6.07) is 0.0466. The number of rotatable bonds is 2. The lowest BCUT2D eigenvalue weighted by Gasteiger charge is -2.38. The van der Waals surface area contributed by atoms with Crippen LogP contribution in [0.15, 0.2) is 0 Å². The summed E-state index contributed by atoms with van der Waals surface area (Å²) in [5.41, 5.74) is 0. The second kappa shape index (κ2) is 3.76. The minimum Gasteiger partial charge on any atom is -0.389 e. The van der Waals surface area contributed by atoms with Crippen LogP contribution < -0.4 is 0 Å². The Morgan fingerprint density at radius 1 is 1.50 bits per heavy atom. The molecule has 0 aromatic carbocycles. The Balaban J connectivity index is 2.36. The average molecular weight is 172 g/mol. The molecule has 4 heteroatoms. The number of carbonyl (C=O) groups excluding carboxylic acids is 1. The number of hydrogen-bond donors (Lipinski definition) is 1. The van der Waals surface area contributed by atoms with Crippen LogP contribution in [0.4, 0.5) is 4.79 Å². The van der Waals surface area contributed by atoms with Gasteiger partial charge < -0.3 is 14.9 Å². The number of β-amino-alcohol motifs (C(OH)–C–C–N with tert-alkyl or cyclic N) is 1. The zero-order chi connectivity index (χ0) is 9.14. The number of hydrogen-bond acceptors (Lipinski definition) is 2. The van der Waals surface area contributed by atoms with E-state index in [1.165, 1.54) is 0 Å². The summed E-state index contributed by atoms with van der Waals surface area (Å²) >= 11 is 0. The Labute approximate surface area is 72.8 Å². The van der Waals surface area contributed by atoms with E-state index < -0.39 is 0 Å². The van der Waals surface area contributed by atoms with Crippen molar-refractivity contribution in [2.75, 3.05) is 26.2 Å². The van der Waals surface area contributed by atoms with E-state index in [2.05, 4.69) is 0 Å². The highest BCUT2D eigenvalue weighted by Crippen LogP contribution is 2.10. The van der Waals surface area contributed by atoms with Crippen LogP contribution in [0.25, 0.3) is 0 Å². The largest absolute Gasteiger partial charge is 0.389 e. The molecule has 4 nitrogen and oxygen atoms in total. The third kappa shape index (κ3) is 1.69. The summed E-state index contributed by atoms with van der Waals surface area (Å²) in [5, 5.41) is 8.98. The van der Waals surface area contributed by atoms with E-state index in [0.29, 0.717) is 13.1 Å². The lowest BCUT2D eigenvalue weighted by molar-refractivity contribution is 0.0159. The second-order valence-corrected chi connectivity index (χ2v) is 3.01.